The summed E-state index contributed by atoms with van der Waals surface area (Å²) >= 11 is 0. The van der Waals surface area contributed by atoms with Gasteiger partial charge in [-0.1, -0.05) is 48.5 Å². The number of fused-ring (bicyclic) bond motifs is 7. The summed E-state index contributed by atoms with van der Waals surface area (Å²) in [6.45, 7) is 6.27. The zero-order chi connectivity index (χ0) is 17.8. The molecule has 1 aromatic heterocycles. The van der Waals surface area contributed by atoms with Gasteiger partial charge in [0.15, 0.2) is 0 Å². The maximum Gasteiger partial charge on any atom is 0.213 e. The van der Waals surface area contributed by atoms with E-state index in [4.69, 9.17) is 8.39 Å². The lowest BCUT2D eigenvalue weighted by Crippen LogP contribution is -1.85. The number of benzene rings is 4. The Morgan fingerprint density at radius 3 is 1.54 bits per heavy atom. The van der Waals surface area contributed by atoms with Gasteiger partial charge in [0.25, 0.3) is 0 Å². The molecular formula is C23H19O2P. The minimum Gasteiger partial charge on any atom is -0.419 e. The van der Waals surface area contributed by atoms with Crippen LogP contribution in [0.2, 0.25) is 0 Å². The Labute approximate surface area is 152 Å². The molecule has 5 aromatic rings. The van der Waals surface area contributed by atoms with Crippen molar-refractivity contribution in [1.29, 1.82) is 0 Å². The molecule has 26 heavy (non-hydrogen) atoms. The Balaban J connectivity index is 2.28. The summed E-state index contributed by atoms with van der Waals surface area (Å²) in [6.07, 6.45) is 0. The summed E-state index contributed by atoms with van der Waals surface area (Å²) in [5.41, 5.74) is 4.20. The number of hydrogen-bond donors (Lipinski definition) is 0. The molecule has 0 spiro atoms. The summed E-state index contributed by atoms with van der Waals surface area (Å²) in [5.74, 6) is 0. The average Bonchev–Trinajstić information content (AvgIpc) is 2.79. The van der Waals surface area contributed by atoms with Gasteiger partial charge in [0.05, 0.1) is 0 Å². The summed E-state index contributed by atoms with van der Waals surface area (Å²) < 4.78 is 12.6. The highest BCUT2D eigenvalue weighted by Crippen LogP contribution is 2.42. The normalized spacial score (nSPS) is 11.7. The van der Waals surface area contributed by atoms with Crippen molar-refractivity contribution < 1.29 is 8.39 Å². The van der Waals surface area contributed by atoms with Gasteiger partial charge < -0.3 is 8.39 Å². The highest BCUT2D eigenvalue weighted by atomic mass is 31.1. The molecule has 3 heteroatoms. The van der Waals surface area contributed by atoms with E-state index in [1.54, 1.807) is 0 Å². The molecule has 128 valence electrons. The Morgan fingerprint density at radius 2 is 1.08 bits per heavy atom. The lowest BCUT2D eigenvalue weighted by atomic mass is 9.95. The van der Waals surface area contributed by atoms with E-state index in [1.165, 1.54) is 21.5 Å². The molecule has 2 nitrogen and oxygen atoms in total. The van der Waals surface area contributed by atoms with Crippen LogP contribution in [0.25, 0.3) is 43.5 Å². The van der Waals surface area contributed by atoms with Crippen molar-refractivity contribution in [3.63, 3.8) is 0 Å². The lowest BCUT2D eigenvalue weighted by molar-refractivity contribution is 0.641. The van der Waals surface area contributed by atoms with Crippen LogP contribution in [0.5, 0.6) is 0 Å². The second kappa shape index (κ2) is 5.65. The van der Waals surface area contributed by atoms with Gasteiger partial charge in [0, 0.05) is 17.4 Å². The molecule has 0 bridgehead atoms. The van der Waals surface area contributed by atoms with Crippen molar-refractivity contribution >= 4 is 51.5 Å². The third-order valence-corrected chi connectivity index (χ3v) is 5.94. The molecule has 0 aliphatic rings. The van der Waals surface area contributed by atoms with Crippen molar-refractivity contribution in [2.24, 2.45) is 6.66 Å². The van der Waals surface area contributed by atoms with E-state index in [1.807, 2.05) is 6.66 Å². The molecule has 1 heterocycles. The van der Waals surface area contributed by atoms with Gasteiger partial charge in [-0.05, 0) is 58.7 Å². The molecular weight excluding hydrogens is 339 g/mol. The second-order valence-electron chi connectivity index (χ2n) is 6.86. The monoisotopic (exact) mass is 358 g/mol. The van der Waals surface area contributed by atoms with Gasteiger partial charge in [-0.3, -0.25) is 0 Å². The van der Waals surface area contributed by atoms with E-state index >= 15 is 0 Å². The number of hydrogen-bond acceptors (Lipinski definition) is 2. The fourth-order valence-corrected chi connectivity index (χ4v) is 4.97. The van der Waals surface area contributed by atoms with Crippen LogP contribution in [0.1, 0.15) is 11.1 Å². The van der Waals surface area contributed by atoms with Gasteiger partial charge in [-0.2, -0.15) is 0 Å². The summed E-state index contributed by atoms with van der Waals surface area (Å²) in [4.78, 5) is 0. The third-order valence-electron chi connectivity index (χ3n) is 5.06. The fourth-order valence-electron chi connectivity index (χ4n) is 3.95. The second-order valence-corrected chi connectivity index (χ2v) is 8.10. The standard InChI is InChI=1S/C23H19O2P/c1-14-12-16-8-4-6-10-18(16)20-21-19-11-7-5-9-17(19)13-15(2)23(21)25-26(3)24-22(14)20/h4-13H,1-3H3. The summed E-state index contributed by atoms with van der Waals surface area (Å²) in [6, 6.07) is 21.5. The van der Waals surface area contributed by atoms with Crippen LogP contribution in [0.3, 0.4) is 0 Å². The zero-order valence-electron chi connectivity index (χ0n) is 15.0. The third kappa shape index (κ3) is 2.19. The quantitative estimate of drug-likeness (QED) is 0.283. The smallest absolute Gasteiger partial charge is 0.213 e. The van der Waals surface area contributed by atoms with Gasteiger partial charge in [0.1, 0.15) is 11.2 Å². The van der Waals surface area contributed by atoms with Crippen LogP contribution in [0.15, 0.2) is 69.1 Å². The first-order valence-electron chi connectivity index (χ1n) is 8.78. The minimum atomic E-state index is -1.03. The molecule has 0 N–H and O–H groups in total. The highest BCUT2D eigenvalue weighted by molar-refractivity contribution is 7.35. The van der Waals surface area contributed by atoms with Crippen LogP contribution in [0.4, 0.5) is 0 Å². The SMILES string of the molecule is Cc1cc2ccccc2c2c1op(C)oc1c(C)cc3ccccc3c12. The molecule has 0 fully saturated rings. The van der Waals surface area contributed by atoms with Crippen molar-refractivity contribution in [3.05, 3.63) is 71.8 Å². The van der Waals surface area contributed by atoms with Gasteiger partial charge >= 0.3 is 0 Å². The van der Waals surface area contributed by atoms with Gasteiger partial charge in [0.2, 0.25) is 8.01 Å². The molecule has 0 atom stereocenters. The van der Waals surface area contributed by atoms with Crippen LogP contribution < -0.4 is 0 Å². The molecule has 4 aromatic carbocycles. The molecule has 0 saturated heterocycles. The van der Waals surface area contributed by atoms with E-state index in [9.17, 15) is 0 Å². The lowest BCUT2D eigenvalue weighted by Gasteiger charge is -2.08. The Morgan fingerprint density at radius 1 is 0.654 bits per heavy atom. The molecule has 0 aliphatic heterocycles. The van der Waals surface area contributed by atoms with Gasteiger partial charge in [-0.25, -0.2) is 0 Å². The van der Waals surface area contributed by atoms with E-state index in [-0.39, 0.29) is 0 Å². The van der Waals surface area contributed by atoms with E-state index in [2.05, 4.69) is 74.5 Å². The molecule has 0 aliphatic carbocycles. The first kappa shape index (κ1) is 15.5. The summed E-state index contributed by atoms with van der Waals surface area (Å²) in [5, 5.41) is 7.18. The Kier molecular flexibility index (Phi) is 3.38. The van der Waals surface area contributed by atoms with E-state index < -0.39 is 8.01 Å². The average molecular weight is 358 g/mol. The summed E-state index contributed by atoms with van der Waals surface area (Å²) in [7, 11) is -1.03. The molecule has 0 saturated carbocycles. The molecule has 0 amide bonds. The Bertz CT molecular complexity index is 1260. The van der Waals surface area contributed by atoms with Crippen molar-refractivity contribution in [1.82, 2.24) is 0 Å². The predicted molar refractivity (Wildman–Crippen MR) is 112 cm³/mol. The van der Waals surface area contributed by atoms with Crippen molar-refractivity contribution in [3.8, 4) is 0 Å². The van der Waals surface area contributed by atoms with E-state index in [0.717, 1.165) is 33.1 Å². The van der Waals surface area contributed by atoms with Gasteiger partial charge in [-0.15, -0.1) is 0 Å². The maximum absolute atomic E-state index is 6.32. The molecule has 0 unspecified atom stereocenters. The first-order chi connectivity index (χ1) is 12.6. The number of rotatable bonds is 0. The first-order valence-corrected chi connectivity index (χ1v) is 10.4. The van der Waals surface area contributed by atoms with Crippen LogP contribution in [-0.2, 0) is 6.66 Å². The maximum atomic E-state index is 6.32. The van der Waals surface area contributed by atoms with Crippen molar-refractivity contribution in [2.45, 2.75) is 13.8 Å². The topological polar surface area (TPSA) is 26.3 Å². The van der Waals surface area contributed by atoms with Crippen molar-refractivity contribution in [2.75, 3.05) is 0 Å². The van der Waals surface area contributed by atoms with E-state index in [0.29, 0.717) is 0 Å². The van der Waals surface area contributed by atoms with Crippen LogP contribution in [-0.4, -0.2) is 0 Å². The predicted octanol–water partition coefficient (Wildman–Crippen LogP) is 7.75. The fraction of sp³-hybridized carbons (Fsp3) is 0.130. The minimum absolute atomic E-state index is 0.951. The van der Waals surface area contributed by atoms with Crippen LogP contribution in [0, 0.1) is 13.8 Å². The highest BCUT2D eigenvalue weighted by Gasteiger charge is 2.15. The molecule has 0 radical (unpaired) electrons. The Hall–Kier alpha value is -2.70. The largest absolute Gasteiger partial charge is 0.419 e. The zero-order valence-corrected chi connectivity index (χ0v) is 15.9. The number of aryl methyl sites for hydroxylation is 3. The van der Waals surface area contributed by atoms with Crippen LogP contribution >= 0.6 is 8.01 Å². The molecule has 5 rings (SSSR count).